The molecule has 0 N–H and O–H groups in total. The molecule has 9 heteroatoms. The lowest BCUT2D eigenvalue weighted by Gasteiger charge is -2.03. The Hall–Kier alpha value is -3.23. The van der Waals surface area contributed by atoms with Gasteiger partial charge in [-0.05, 0) is 26.0 Å². The Morgan fingerprint density at radius 3 is 2.83 bits per heavy atom. The number of aromatic nitrogens is 4. The Balaban J connectivity index is 1.72. The number of hydrogen-bond acceptors (Lipinski definition) is 8. The van der Waals surface area contributed by atoms with Gasteiger partial charge in [0.05, 0.1) is 12.9 Å². The van der Waals surface area contributed by atoms with Gasteiger partial charge in [0.25, 0.3) is 11.6 Å². The fourth-order valence-corrected chi connectivity index (χ4v) is 2.03. The van der Waals surface area contributed by atoms with E-state index < -0.39 is 11.9 Å². The second kappa shape index (κ2) is 6.49. The van der Waals surface area contributed by atoms with Crippen LogP contribution >= 0.6 is 0 Å². The summed E-state index contributed by atoms with van der Waals surface area (Å²) in [5.41, 5.74) is 0.993. The van der Waals surface area contributed by atoms with Crippen molar-refractivity contribution in [2.45, 2.75) is 20.5 Å². The maximum absolute atomic E-state index is 12.1. The van der Waals surface area contributed by atoms with E-state index in [1.54, 1.807) is 19.2 Å². The number of nitrogens with zero attached hydrogens (tertiary/aromatic N) is 4. The average molecular weight is 330 g/mol. The number of esters is 2. The first-order valence-corrected chi connectivity index (χ1v) is 7.19. The van der Waals surface area contributed by atoms with Gasteiger partial charge in [0, 0.05) is 11.9 Å². The molecule has 0 saturated heterocycles. The van der Waals surface area contributed by atoms with Gasteiger partial charge >= 0.3 is 11.9 Å². The van der Waals surface area contributed by atoms with Gasteiger partial charge in [-0.2, -0.15) is 4.98 Å². The Kier molecular flexibility index (Phi) is 4.23. The predicted molar refractivity (Wildman–Crippen MR) is 79.3 cm³/mol. The van der Waals surface area contributed by atoms with Crippen LogP contribution in [0.15, 0.2) is 29.0 Å². The molecule has 0 atom stereocenters. The van der Waals surface area contributed by atoms with Crippen LogP contribution in [-0.4, -0.2) is 38.1 Å². The summed E-state index contributed by atoms with van der Waals surface area (Å²) < 4.78 is 16.6. The summed E-state index contributed by atoms with van der Waals surface area (Å²) in [5, 5.41) is 4.05. The van der Waals surface area contributed by atoms with Crippen LogP contribution in [0, 0.1) is 6.92 Å². The van der Waals surface area contributed by atoms with Gasteiger partial charge in [-0.3, -0.25) is 0 Å². The lowest BCUT2D eigenvalue weighted by Crippen LogP contribution is -2.10. The number of hydrogen-bond donors (Lipinski definition) is 0. The van der Waals surface area contributed by atoms with Crippen LogP contribution in [0.25, 0.3) is 5.78 Å². The Morgan fingerprint density at radius 1 is 1.25 bits per heavy atom. The molecule has 3 rings (SSSR count). The Morgan fingerprint density at radius 2 is 2.08 bits per heavy atom. The summed E-state index contributed by atoms with van der Waals surface area (Å²) in [6, 6.07) is 3.20. The zero-order chi connectivity index (χ0) is 17.1. The van der Waals surface area contributed by atoms with Crippen molar-refractivity contribution < 1.29 is 23.5 Å². The van der Waals surface area contributed by atoms with Gasteiger partial charge in [0.2, 0.25) is 0 Å². The maximum atomic E-state index is 12.1. The van der Waals surface area contributed by atoms with E-state index in [-0.39, 0.29) is 30.4 Å². The Bertz CT molecular complexity index is 898. The number of carbonyl (C=O) groups is 2. The summed E-state index contributed by atoms with van der Waals surface area (Å²) in [5.74, 6) is -0.915. The van der Waals surface area contributed by atoms with Gasteiger partial charge < -0.3 is 13.9 Å². The van der Waals surface area contributed by atoms with Gasteiger partial charge in [0.1, 0.15) is 5.56 Å². The molecule has 3 aromatic rings. The number of carbonyl (C=O) groups excluding carboxylic acids is 2. The number of rotatable bonds is 5. The van der Waals surface area contributed by atoms with Crippen LogP contribution < -0.4 is 0 Å². The van der Waals surface area contributed by atoms with Crippen LogP contribution in [0.4, 0.5) is 0 Å². The number of aryl methyl sites for hydroxylation is 1. The van der Waals surface area contributed by atoms with Crippen LogP contribution in [0.1, 0.15) is 39.4 Å². The zero-order valence-corrected chi connectivity index (χ0v) is 13.1. The number of furan rings is 1. The molecule has 24 heavy (non-hydrogen) atoms. The molecule has 0 spiro atoms. The highest BCUT2D eigenvalue weighted by atomic mass is 16.5. The molecule has 3 heterocycles. The fourth-order valence-electron chi connectivity index (χ4n) is 2.03. The molecule has 0 saturated carbocycles. The van der Waals surface area contributed by atoms with Crippen LogP contribution in [0.5, 0.6) is 0 Å². The molecule has 9 nitrogen and oxygen atoms in total. The van der Waals surface area contributed by atoms with E-state index in [0.717, 1.165) is 5.69 Å². The molecule has 0 fully saturated rings. The monoisotopic (exact) mass is 330 g/mol. The SMILES string of the molecule is CCOC(=O)c1ccoc1COC(=O)c1nc2nccc(C)n2n1. The zero-order valence-electron chi connectivity index (χ0n) is 13.1. The molecule has 3 aromatic heterocycles. The van der Waals surface area contributed by atoms with Gasteiger partial charge in [0.15, 0.2) is 12.4 Å². The minimum absolute atomic E-state index is 0.124. The molecule has 0 aliphatic rings. The van der Waals surface area contributed by atoms with Crippen LogP contribution in [0.2, 0.25) is 0 Å². The molecule has 0 aliphatic carbocycles. The minimum atomic E-state index is -0.744. The highest BCUT2D eigenvalue weighted by Crippen LogP contribution is 2.14. The largest absolute Gasteiger partial charge is 0.465 e. The number of ether oxygens (including phenoxy) is 2. The van der Waals surface area contributed by atoms with Gasteiger partial charge in [-0.15, -0.1) is 5.10 Å². The predicted octanol–water partition coefficient (Wildman–Crippen LogP) is 1.56. The third-order valence-corrected chi connectivity index (χ3v) is 3.19. The first-order chi connectivity index (χ1) is 11.6. The smallest absolute Gasteiger partial charge is 0.378 e. The molecular weight excluding hydrogens is 316 g/mol. The highest BCUT2D eigenvalue weighted by Gasteiger charge is 2.20. The van der Waals surface area contributed by atoms with Gasteiger partial charge in [-0.1, -0.05) is 0 Å². The first kappa shape index (κ1) is 15.7. The lowest BCUT2D eigenvalue weighted by atomic mass is 10.2. The maximum Gasteiger partial charge on any atom is 0.378 e. The topological polar surface area (TPSA) is 109 Å². The molecule has 0 unspecified atom stereocenters. The van der Waals surface area contributed by atoms with Gasteiger partial charge in [-0.25, -0.2) is 19.1 Å². The van der Waals surface area contributed by atoms with E-state index in [4.69, 9.17) is 13.9 Å². The Labute approximate surface area is 136 Å². The summed E-state index contributed by atoms with van der Waals surface area (Å²) in [6.07, 6.45) is 2.90. The molecule has 124 valence electrons. The van der Waals surface area contributed by atoms with E-state index in [9.17, 15) is 9.59 Å². The third-order valence-electron chi connectivity index (χ3n) is 3.19. The van der Waals surface area contributed by atoms with Crippen molar-refractivity contribution in [3.8, 4) is 0 Å². The van der Waals surface area contributed by atoms with Crippen molar-refractivity contribution in [2.24, 2.45) is 0 Å². The van der Waals surface area contributed by atoms with E-state index >= 15 is 0 Å². The quantitative estimate of drug-likeness (QED) is 0.648. The highest BCUT2D eigenvalue weighted by molar-refractivity contribution is 5.90. The molecule has 0 radical (unpaired) electrons. The van der Waals surface area contributed by atoms with E-state index in [0.29, 0.717) is 5.78 Å². The van der Waals surface area contributed by atoms with Crippen molar-refractivity contribution in [1.82, 2.24) is 19.6 Å². The molecule has 0 amide bonds. The minimum Gasteiger partial charge on any atom is -0.465 e. The summed E-state index contributed by atoms with van der Waals surface area (Å²) in [4.78, 5) is 31.8. The van der Waals surface area contributed by atoms with Crippen molar-refractivity contribution in [3.63, 3.8) is 0 Å². The second-order valence-corrected chi connectivity index (χ2v) is 4.79. The van der Waals surface area contributed by atoms with Crippen molar-refractivity contribution in [1.29, 1.82) is 0 Å². The first-order valence-electron chi connectivity index (χ1n) is 7.19. The van der Waals surface area contributed by atoms with Crippen molar-refractivity contribution >= 4 is 17.7 Å². The normalized spacial score (nSPS) is 10.8. The lowest BCUT2D eigenvalue weighted by molar-refractivity contribution is 0.0411. The fraction of sp³-hybridized carbons (Fsp3) is 0.267. The van der Waals surface area contributed by atoms with E-state index in [1.165, 1.54) is 16.8 Å². The van der Waals surface area contributed by atoms with Crippen LogP contribution in [-0.2, 0) is 16.1 Å². The van der Waals surface area contributed by atoms with Crippen molar-refractivity contribution in [3.05, 3.63) is 47.4 Å². The average Bonchev–Trinajstić information content (AvgIpc) is 3.20. The van der Waals surface area contributed by atoms with Crippen molar-refractivity contribution in [2.75, 3.05) is 6.61 Å². The standard InChI is InChI=1S/C15H14N4O5/c1-3-22-13(20)10-5-7-23-11(10)8-24-14(21)12-17-15-16-6-4-9(2)19(15)18-12/h4-7H,3,8H2,1-2H3. The number of fused-ring (bicyclic) bond motifs is 1. The van der Waals surface area contributed by atoms with Crippen LogP contribution in [0.3, 0.4) is 0 Å². The third kappa shape index (κ3) is 2.96. The summed E-state index contributed by atoms with van der Waals surface area (Å²) >= 11 is 0. The summed E-state index contributed by atoms with van der Waals surface area (Å²) in [7, 11) is 0. The molecule has 0 aromatic carbocycles. The van der Waals surface area contributed by atoms with E-state index in [1.807, 2.05) is 6.92 Å². The molecule has 0 bridgehead atoms. The second-order valence-electron chi connectivity index (χ2n) is 4.79. The molecular formula is C15H14N4O5. The van der Waals surface area contributed by atoms with E-state index in [2.05, 4.69) is 15.1 Å². The molecule has 0 aliphatic heterocycles. The summed E-state index contributed by atoms with van der Waals surface area (Å²) in [6.45, 7) is 3.51.